The Labute approximate surface area is 327 Å². The van der Waals surface area contributed by atoms with Gasteiger partial charge in [0.05, 0.1) is 0 Å². The van der Waals surface area contributed by atoms with Crippen molar-refractivity contribution in [1.29, 1.82) is 0 Å². The highest BCUT2D eigenvalue weighted by atomic mass is 16.3. The van der Waals surface area contributed by atoms with Crippen LogP contribution in [-0.4, -0.2) is 4.98 Å². The van der Waals surface area contributed by atoms with Crippen molar-refractivity contribution in [3.63, 3.8) is 0 Å². The van der Waals surface area contributed by atoms with Crippen LogP contribution < -0.4 is 4.90 Å². The molecular formula is C53H40N2O. The van der Waals surface area contributed by atoms with E-state index < -0.39 is 0 Å². The van der Waals surface area contributed by atoms with E-state index in [0.717, 1.165) is 55.6 Å². The summed E-state index contributed by atoms with van der Waals surface area (Å²) in [6.45, 7) is 9.37. The van der Waals surface area contributed by atoms with Gasteiger partial charge in [-0.2, -0.15) is 0 Å². The van der Waals surface area contributed by atoms with Gasteiger partial charge in [0.1, 0.15) is 5.52 Å². The molecule has 268 valence electrons. The third-order valence-corrected chi connectivity index (χ3v) is 12.5. The molecule has 0 radical (unpaired) electrons. The van der Waals surface area contributed by atoms with Gasteiger partial charge < -0.3 is 9.32 Å². The van der Waals surface area contributed by atoms with Crippen LogP contribution in [-0.2, 0) is 10.8 Å². The van der Waals surface area contributed by atoms with Gasteiger partial charge >= 0.3 is 0 Å². The van der Waals surface area contributed by atoms with Crippen LogP contribution in [0.15, 0.2) is 174 Å². The monoisotopic (exact) mass is 720 g/mol. The molecule has 9 aromatic rings. The standard InChI is InChI=1S/C53H40N2O/c1-52(2)45-20-12-10-18-40(45)43-31-37(26-28-47(43)52)55(38-27-29-48-44(32-38)41-19-11-13-21-46(41)53(48,3)4)36-24-22-33(23-25-36)42-30-35-16-8-9-17-39(35)50-49(42)54-51(56-50)34-14-6-5-7-15-34/h5-32H,1-4H3. The maximum Gasteiger partial charge on any atom is 0.227 e. The Bertz CT molecular complexity index is 2920. The smallest absolute Gasteiger partial charge is 0.227 e. The lowest BCUT2D eigenvalue weighted by Crippen LogP contribution is -2.16. The van der Waals surface area contributed by atoms with Crippen molar-refractivity contribution < 1.29 is 4.42 Å². The Kier molecular flexibility index (Phi) is 6.94. The van der Waals surface area contributed by atoms with E-state index in [-0.39, 0.29) is 10.8 Å². The largest absolute Gasteiger partial charge is 0.435 e. The van der Waals surface area contributed by atoms with Gasteiger partial charge in [-0.1, -0.05) is 143 Å². The van der Waals surface area contributed by atoms with Crippen LogP contribution in [0.3, 0.4) is 0 Å². The first-order chi connectivity index (χ1) is 27.3. The molecule has 0 unspecified atom stereocenters. The molecule has 11 rings (SSSR count). The van der Waals surface area contributed by atoms with Gasteiger partial charge in [0.2, 0.25) is 5.89 Å². The Hall–Kier alpha value is -6.71. The normalized spacial score (nSPS) is 14.4. The quantitative estimate of drug-likeness (QED) is 0.177. The fourth-order valence-corrected chi connectivity index (χ4v) is 9.59. The van der Waals surface area contributed by atoms with Crippen LogP contribution >= 0.6 is 0 Å². The lowest BCUT2D eigenvalue weighted by molar-refractivity contribution is 0.623. The number of anilines is 3. The van der Waals surface area contributed by atoms with Crippen LogP contribution in [0.25, 0.3) is 66.7 Å². The van der Waals surface area contributed by atoms with Gasteiger partial charge in [-0.05, 0) is 110 Å². The molecule has 0 fully saturated rings. The van der Waals surface area contributed by atoms with Crippen molar-refractivity contribution in [1.82, 2.24) is 4.98 Å². The van der Waals surface area contributed by atoms with Gasteiger partial charge in [-0.3, -0.25) is 0 Å². The third-order valence-electron chi connectivity index (χ3n) is 12.5. The number of fused-ring (bicyclic) bond motifs is 9. The molecule has 1 heterocycles. The van der Waals surface area contributed by atoms with E-state index in [1.807, 2.05) is 30.3 Å². The van der Waals surface area contributed by atoms with E-state index in [1.54, 1.807) is 0 Å². The zero-order chi connectivity index (χ0) is 37.8. The van der Waals surface area contributed by atoms with E-state index >= 15 is 0 Å². The molecule has 56 heavy (non-hydrogen) atoms. The van der Waals surface area contributed by atoms with Crippen molar-refractivity contribution in [3.05, 3.63) is 192 Å². The van der Waals surface area contributed by atoms with Crippen LogP contribution in [0.4, 0.5) is 17.1 Å². The molecular weight excluding hydrogens is 681 g/mol. The van der Waals surface area contributed by atoms with Crippen molar-refractivity contribution >= 4 is 38.9 Å². The number of hydrogen-bond acceptors (Lipinski definition) is 3. The summed E-state index contributed by atoms with van der Waals surface area (Å²) in [7, 11) is 0. The predicted octanol–water partition coefficient (Wildman–Crippen LogP) is 14.4. The molecule has 0 spiro atoms. The van der Waals surface area contributed by atoms with Crippen molar-refractivity contribution in [3.8, 4) is 44.8 Å². The molecule has 3 nitrogen and oxygen atoms in total. The van der Waals surface area contributed by atoms with Crippen molar-refractivity contribution in [2.45, 2.75) is 38.5 Å². The highest BCUT2D eigenvalue weighted by Gasteiger charge is 2.37. The van der Waals surface area contributed by atoms with Crippen LogP contribution in [0.1, 0.15) is 49.9 Å². The molecule has 1 aromatic heterocycles. The van der Waals surface area contributed by atoms with Crippen LogP contribution in [0.2, 0.25) is 0 Å². The molecule has 0 saturated heterocycles. The van der Waals surface area contributed by atoms with Crippen molar-refractivity contribution in [2.75, 3.05) is 4.90 Å². The highest BCUT2D eigenvalue weighted by Crippen LogP contribution is 2.53. The van der Waals surface area contributed by atoms with E-state index in [9.17, 15) is 0 Å². The molecule has 0 aliphatic heterocycles. The first kappa shape index (κ1) is 32.7. The molecule has 0 atom stereocenters. The van der Waals surface area contributed by atoms with E-state index in [0.29, 0.717) is 5.89 Å². The van der Waals surface area contributed by atoms with E-state index in [4.69, 9.17) is 9.40 Å². The molecule has 0 N–H and O–H groups in total. The summed E-state index contributed by atoms with van der Waals surface area (Å²) in [6.07, 6.45) is 0. The maximum atomic E-state index is 6.54. The molecule has 0 saturated carbocycles. The lowest BCUT2D eigenvalue weighted by atomic mass is 9.82. The molecule has 0 bridgehead atoms. The maximum absolute atomic E-state index is 6.54. The Balaban J connectivity index is 1.08. The minimum Gasteiger partial charge on any atom is -0.435 e. The molecule has 3 heteroatoms. The summed E-state index contributed by atoms with van der Waals surface area (Å²) >= 11 is 0. The van der Waals surface area contributed by atoms with Crippen LogP contribution in [0.5, 0.6) is 0 Å². The zero-order valence-electron chi connectivity index (χ0n) is 32.0. The summed E-state index contributed by atoms with van der Waals surface area (Å²) in [6, 6.07) is 61.7. The summed E-state index contributed by atoms with van der Waals surface area (Å²) < 4.78 is 6.54. The number of oxazole rings is 1. The lowest BCUT2D eigenvalue weighted by Gasteiger charge is -2.28. The predicted molar refractivity (Wildman–Crippen MR) is 232 cm³/mol. The van der Waals surface area contributed by atoms with Gasteiger partial charge in [0.25, 0.3) is 0 Å². The van der Waals surface area contributed by atoms with Crippen molar-refractivity contribution in [2.24, 2.45) is 0 Å². The minimum atomic E-state index is -0.0630. The summed E-state index contributed by atoms with van der Waals surface area (Å²) in [5.41, 5.74) is 18.7. The number of rotatable bonds is 5. The topological polar surface area (TPSA) is 29.3 Å². The molecule has 2 aliphatic rings. The number of nitrogens with zero attached hydrogens (tertiary/aromatic N) is 2. The Morgan fingerprint density at radius 3 is 1.57 bits per heavy atom. The SMILES string of the molecule is CC1(C)c2ccccc2-c2cc(N(c3ccc(-c4cc5ccccc5c5oc(-c6ccccc6)nc45)cc3)c3ccc4c(c3)-c3ccccc3C4(C)C)ccc21. The first-order valence-corrected chi connectivity index (χ1v) is 19.5. The number of benzene rings is 8. The molecule has 2 aliphatic carbocycles. The Morgan fingerprint density at radius 2 is 0.946 bits per heavy atom. The fourth-order valence-electron chi connectivity index (χ4n) is 9.59. The number of aromatic nitrogens is 1. The van der Waals surface area contributed by atoms with Crippen LogP contribution in [0, 0.1) is 0 Å². The second-order valence-electron chi connectivity index (χ2n) is 16.4. The second kappa shape index (κ2) is 11.9. The molecule has 0 amide bonds. The van der Waals surface area contributed by atoms with E-state index in [2.05, 4.69) is 172 Å². The second-order valence-corrected chi connectivity index (χ2v) is 16.4. The van der Waals surface area contributed by atoms with Gasteiger partial charge in [-0.15, -0.1) is 0 Å². The summed E-state index contributed by atoms with van der Waals surface area (Å²) in [5, 5.41) is 2.19. The average Bonchev–Trinajstić information content (AvgIpc) is 3.86. The summed E-state index contributed by atoms with van der Waals surface area (Å²) in [4.78, 5) is 7.53. The summed E-state index contributed by atoms with van der Waals surface area (Å²) in [5.74, 6) is 0.628. The Morgan fingerprint density at radius 1 is 0.429 bits per heavy atom. The fraction of sp³-hybridized carbons (Fsp3) is 0.113. The average molecular weight is 721 g/mol. The van der Waals surface area contributed by atoms with Gasteiger partial charge in [0, 0.05) is 44.4 Å². The third kappa shape index (κ3) is 4.73. The number of hydrogen-bond donors (Lipinski definition) is 0. The first-order valence-electron chi connectivity index (χ1n) is 19.5. The highest BCUT2D eigenvalue weighted by molar-refractivity contribution is 6.10. The van der Waals surface area contributed by atoms with E-state index in [1.165, 1.54) is 44.5 Å². The van der Waals surface area contributed by atoms with Gasteiger partial charge in [-0.25, -0.2) is 4.98 Å². The minimum absolute atomic E-state index is 0.0630. The van der Waals surface area contributed by atoms with Gasteiger partial charge in [0.15, 0.2) is 5.58 Å². The molecule has 8 aromatic carbocycles. The zero-order valence-corrected chi connectivity index (χ0v) is 32.0.